The molecule has 2 unspecified atom stereocenters. The first-order valence-electron chi connectivity index (χ1n) is 8.58. The Balaban J connectivity index is 3.19. The zero-order chi connectivity index (χ0) is 21.7. The van der Waals surface area contributed by atoms with E-state index in [1.54, 1.807) is 27.7 Å². The Kier molecular flexibility index (Phi) is 8.62. The number of amides is 2. The minimum atomic E-state index is -3.55. The minimum Gasteiger partial charge on any atom is -0.442 e. The van der Waals surface area contributed by atoms with Crippen molar-refractivity contribution >= 4 is 51.3 Å². The van der Waals surface area contributed by atoms with Crippen LogP contribution in [0.15, 0.2) is 32.4 Å². The summed E-state index contributed by atoms with van der Waals surface area (Å²) in [5.41, 5.74) is -0.714. The molecule has 0 aromatic heterocycles. The molecule has 10 heteroatoms. The van der Waals surface area contributed by atoms with Gasteiger partial charge in [0.1, 0.15) is 15.5 Å². The van der Waals surface area contributed by atoms with E-state index in [0.29, 0.717) is 6.42 Å². The summed E-state index contributed by atoms with van der Waals surface area (Å²) in [4.78, 5) is 28.2. The van der Waals surface area contributed by atoms with Crippen LogP contribution in [0.25, 0.3) is 0 Å². The number of ether oxygens (including phenoxy) is 1. The first-order chi connectivity index (χ1) is 12.8. The molecule has 0 aliphatic heterocycles. The van der Waals surface area contributed by atoms with E-state index in [1.807, 2.05) is 6.92 Å². The van der Waals surface area contributed by atoms with E-state index in [-0.39, 0.29) is 20.9 Å². The maximum absolute atomic E-state index is 12.8. The number of benzene rings is 1. The number of halogens is 2. The summed E-state index contributed by atoms with van der Waals surface area (Å²) in [6, 6.07) is 4.11. The second-order valence-electron chi connectivity index (χ2n) is 7.24. The molecular weight excluding hydrogens is 425 g/mol. The van der Waals surface area contributed by atoms with Crippen molar-refractivity contribution in [1.29, 1.82) is 0 Å². The van der Waals surface area contributed by atoms with E-state index >= 15 is 0 Å². The van der Waals surface area contributed by atoms with Crippen LogP contribution in [0.1, 0.15) is 41.0 Å². The Morgan fingerprint density at radius 3 is 2.39 bits per heavy atom. The number of carbonyl (C=O) groups excluding carboxylic acids is 2. The summed E-state index contributed by atoms with van der Waals surface area (Å²) in [6.45, 7) is 8.76. The van der Waals surface area contributed by atoms with Gasteiger partial charge in [-0.15, -0.1) is 4.36 Å². The van der Waals surface area contributed by atoms with Crippen LogP contribution in [-0.4, -0.2) is 28.0 Å². The highest BCUT2D eigenvalue weighted by Gasteiger charge is 2.25. The number of hydrogen-bond donors (Lipinski definition) is 1. The van der Waals surface area contributed by atoms with Gasteiger partial charge in [-0.05, 0) is 44.9 Å². The van der Waals surface area contributed by atoms with Crippen molar-refractivity contribution < 1.29 is 18.5 Å². The van der Waals surface area contributed by atoms with Crippen LogP contribution in [0.4, 0.5) is 4.79 Å². The summed E-state index contributed by atoms with van der Waals surface area (Å²) >= 11 is 11.8. The van der Waals surface area contributed by atoms with Gasteiger partial charge in [0.05, 0.1) is 20.9 Å². The average Bonchev–Trinajstić information content (AvgIpc) is 2.54. The molecule has 1 aromatic carbocycles. The zero-order valence-corrected chi connectivity index (χ0v) is 18.8. The van der Waals surface area contributed by atoms with Crippen LogP contribution in [-0.2, 0) is 19.4 Å². The van der Waals surface area contributed by atoms with Crippen molar-refractivity contribution in [2.24, 2.45) is 26.3 Å². The molecule has 0 aliphatic rings. The average molecular weight is 450 g/mol. The Bertz CT molecular complexity index is 887. The van der Waals surface area contributed by atoms with Gasteiger partial charge < -0.3 is 4.74 Å². The fourth-order valence-electron chi connectivity index (χ4n) is 2.04. The molecule has 0 bridgehead atoms. The van der Waals surface area contributed by atoms with Crippen molar-refractivity contribution in [1.82, 2.24) is 0 Å². The fourth-order valence-corrected chi connectivity index (χ4v) is 3.45. The molecule has 1 aromatic rings. The highest BCUT2D eigenvalue weighted by atomic mass is 35.5. The maximum Gasteiger partial charge on any atom is 0.433 e. The Labute approximate surface area is 176 Å². The number of hydrogen-bond acceptors (Lipinski definition) is 4. The van der Waals surface area contributed by atoms with Crippen LogP contribution in [0, 0.1) is 11.8 Å². The highest BCUT2D eigenvalue weighted by molar-refractivity contribution is 7.91. The van der Waals surface area contributed by atoms with Crippen molar-refractivity contribution in [2.45, 2.75) is 51.5 Å². The van der Waals surface area contributed by atoms with Crippen molar-refractivity contribution in [2.75, 3.05) is 0 Å². The van der Waals surface area contributed by atoms with Gasteiger partial charge in [0.25, 0.3) is 5.91 Å². The summed E-state index contributed by atoms with van der Waals surface area (Å²) in [7, 11) is -3.55. The molecule has 3 atom stereocenters. The van der Waals surface area contributed by atoms with Gasteiger partial charge in [0.15, 0.2) is 0 Å². The lowest BCUT2D eigenvalue weighted by Crippen LogP contribution is -2.26. The smallest absolute Gasteiger partial charge is 0.433 e. The van der Waals surface area contributed by atoms with Crippen LogP contribution in [0.2, 0.25) is 10.0 Å². The lowest BCUT2D eigenvalue weighted by atomic mass is 9.92. The van der Waals surface area contributed by atoms with Crippen LogP contribution >= 0.6 is 23.2 Å². The fraction of sp³-hybridized carbons (Fsp3) is 0.500. The molecule has 156 valence electrons. The lowest BCUT2D eigenvalue weighted by Gasteiger charge is -2.18. The van der Waals surface area contributed by atoms with Crippen molar-refractivity contribution in [3.63, 3.8) is 0 Å². The van der Waals surface area contributed by atoms with Crippen LogP contribution in [0.3, 0.4) is 0 Å². The van der Waals surface area contributed by atoms with Gasteiger partial charge in [-0.25, -0.2) is 14.1 Å². The van der Waals surface area contributed by atoms with Crippen LogP contribution < -0.4 is 5.14 Å². The van der Waals surface area contributed by atoms with Gasteiger partial charge in [0, 0.05) is 6.21 Å². The molecule has 0 saturated carbocycles. The molecule has 0 fully saturated rings. The van der Waals surface area contributed by atoms with E-state index < -0.39 is 33.4 Å². The number of aliphatic imine (C=N–C) groups is 1. The van der Waals surface area contributed by atoms with Gasteiger partial charge >= 0.3 is 6.09 Å². The Hall–Kier alpha value is -1.48. The summed E-state index contributed by atoms with van der Waals surface area (Å²) in [6.07, 6.45) is 0.940. The maximum atomic E-state index is 12.8. The normalized spacial score (nSPS) is 16.3. The summed E-state index contributed by atoms with van der Waals surface area (Å²) in [5.74, 6) is -1.85. The predicted octanol–water partition coefficient (Wildman–Crippen LogP) is 4.89. The molecule has 28 heavy (non-hydrogen) atoms. The molecule has 2 N–H and O–H groups in total. The SMILES string of the molecule is CC[C@H](C)C(/C=N/C(=O)OC(C)(C)C)C(=O)N=S(N)(=O)c1ccc(Cl)c(Cl)c1. The molecule has 0 heterocycles. The summed E-state index contributed by atoms with van der Waals surface area (Å²) in [5, 5.41) is 6.18. The van der Waals surface area contributed by atoms with Gasteiger partial charge in [-0.1, -0.05) is 43.5 Å². The number of nitrogens with two attached hydrogens (primary N) is 1. The molecule has 7 nitrogen and oxygen atoms in total. The van der Waals surface area contributed by atoms with Crippen molar-refractivity contribution in [3.05, 3.63) is 28.2 Å². The number of rotatable bonds is 5. The largest absolute Gasteiger partial charge is 0.442 e. The molecule has 0 saturated heterocycles. The summed E-state index contributed by atoms with van der Waals surface area (Å²) < 4.78 is 21.5. The van der Waals surface area contributed by atoms with Crippen molar-refractivity contribution in [3.8, 4) is 0 Å². The molecule has 1 rings (SSSR count). The third-order valence-corrected chi connectivity index (χ3v) is 5.85. The molecular formula is C18H25Cl2N3O4S. The molecule has 0 spiro atoms. The van der Waals surface area contributed by atoms with E-state index in [9.17, 15) is 13.8 Å². The van der Waals surface area contributed by atoms with E-state index in [4.69, 9.17) is 33.1 Å². The zero-order valence-electron chi connectivity index (χ0n) is 16.4. The van der Waals surface area contributed by atoms with E-state index in [2.05, 4.69) is 9.36 Å². The molecule has 0 aliphatic carbocycles. The Morgan fingerprint density at radius 1 is 1.29 bits per heavy atom. The Morgan fingerprint density at radius 2 is 1.89 bits per heavy atom. The van der Waals surface area contributed by atoms with E-state index in [1.165, 1.54) is 24.4 Å². The quantitative estimate of drug-likeness (QED) is 0.644. The van der Waals surface area contributed by atoms with Gasteiger partial charge in [-0.2, -0.15) is 4.99 Å². The number of carbonyl (C=O) groups is 2. The third kappa shape index (κ3) is 7.50. The van der Waals surface area contributed by atoms with Gasteiger partial charge in [0.2, 0.25) is 0 Å². The molecule has 2 amide bonds. The second-order valence-corrected chi connectivity index (χ2v) is 9.85. The monoisotopic (exact) mass is 449 g/mol. The minimum absolute atomic E-state index is 0.0715. The predicted molar refractivity (Wildman–Crippen MR) is 112 cm³/mol. The number of nitrogens with zero attached hydrogens (tertiary/aromatic N) is 2. The topological polar surface area (TPSA) is 111 Å². The third-order valence-electron chi connectivity index (χ3n) is 3.73. The van der Waals surface area contributed by atoms with E-state index in [0.717, 1.165) is 0 Å². The highest BCUT2D eigenvalue weighted by Crippen LogP contribution is 2.25. The first kappa shape index (κ1) is 24.6. The standard InChI is InChI=1S/C18H25Cl2N3O4S/c1-6-11(2)13(10-22-17(25)27-18(3,4)5)16(24)23-28(21,26)12-7-8-14(19)15(20)9-12/h7-11,13H,6H2,1-5H3,(H2,21,23,24,26)/b22-10+/t11-,13?,28?/m0/s1. The molecule has 0 radical (unpaired) electrons. The lowest BCUT2D eigenvalue weighted by molar-refractivity contribution is -0.120. The first-order valence-corrected chi connectivity index (χ1v) is 10.9. The van der Waals surface area contributed by atoms with Gasteiger partial charge in [-0.3, -0.25) is 4.79 Å². The second kappa shape index (κ2) is 9.82. The van der Waals surface area contributed by atoms with Crippen LogP contribution in [0.5, 0.6) is 0 Å².